The summed E-state index contributed by atoms with van der Waals surface area (Å²) < 4.78 is 14.0. The fraction of sp³-hybridized carbons (Fsp3) is 0.244. The summed E-state index contributed by atoms with van der Waals surface area (Å²) in [6, 6.07) is 29.9. The first kappa shape index (κ1) is 44.3. The summed E-state index contributed by atoms with van der Waals surface area (Å²) in [5.41, 5.74) is 1.20. The van der Waals surface area contributed by atoms with E-state index in [0.717, 1.165) is 26.6 Å². The molecule has 4 aromatic carbocycles. The molecule has 0 spiro atoms. The van der Waals surface area contributed by atoms with E-state index in [2.05, 4.69) is 43.9 Å². The molecule has 2 atom stereocenters. The van der Waals surface area contributed by atoms with Crippen LogP contribution in [0.4, 0.5) is 0 Å². The summed E-state index contributed by atoms with van der Waals surface area (Å²) in [4.78, 5) is 49.9. The molecule has 0 aliphatic carbocycles. The zero-order chi connectivity index (χ0) is 42.5. The van der Waals surface area contributed by atoms with E-state index < -0.39 is 23.1 Å². The molecule has 14 nitrogen and oxygen atoms in total. The first-order chi connectivity index (χ1) is 28.2. The van der Waals surface area contributed by atoms with E-state index in [4.69, 9.17) is 15.9 Å². The van der Waals surface area contributed by atoms with Gasteiger partial charge < -0.3 is 29.5 Å². The van der Waals surface area contributed by atoms with Gasteiger partial charge in [-0.05, 0) is 48.5 Å². The molecule has 2 amide bonds. The SMILES string of the molecule is C.C#C[C@@]1(O)CCN(C)C1=O.COC(=O)c1nn(-c2cccc(Br)c2)c2ccccc12.COC(=O)c1nn(-c2cccc(C#C[C@@]3(O)CCN(C)C3=O)c2)c2ccccc12. The Bertz CT molecular complexity index is 2710. The number of aliphatic hydroxyl groups is 2. The molecule has 2 saturated heterocycles. The van der Waals surface area contributed by atoms with Gasteiger partial charge >= 0.3 is 11.9 Å². The first-order valence-corrected chi connectivity index (χ1v) is 19.0. The molecule has 0 unspecified atom stereocenters. The number of methoxy groups -OCH3 is 2. The molecule has 2 aromatic heterocycles. The number of carbonyl (C=O) groups excluding carboxylic acids is 4. The molecule has 2 fully saturated rings. The zero-order valence-electron chi connectivity index (χ0n) is 32.5. The number of hydrogen-bond acceptors (Lipinski definition) is 10. The fourth-order valence-electron chi connectivity index (χ4n) is 6.48. The third-order valence-electron chi connectivity index (χ3n) is 9.75. The predicted octanol–water partition coefficient (Wildman–Crippen LogP) is 5.18. The van der Waals surface area contributed by atoms with Crippen LogP contribution in [-0.2, 0) is 19.1 Å². The molecule has 60 heavy (non-hydrogen) atoms. The Morgan fingerprint density at radius 3 is 1.62 bits per heavy atom. The Kier molecular flexibility index (Phi) is 13.6. The summed E-state index contributed by atoms with van der Waals surface area (Å²) in [5.74, 6) is 5.99. The molecule has 2 aliphatic rings. The second-order valence-electron chi connectivity index (χ2n) is 13.6. The lowest BCUT2D eigenvalue weighted by Crippen LogP contribution is -2.37. The average Bonchev–Trinajstić information content (AvgIpc) is 3.99. The number of carbonyl (C=O) groups is 4. The number of ether oxygens (including phenoxy) is 2. The van der Waals surface area contributed by atoms with Gasteiger partial charge in [-0.3, -0.25) is 9.59 Å². The van der Waals surface area contributed by atoms with Crippen molar-refractivity contribution in [1.29, 1.82) is 0 Å². The van der Waals surface area contributed by atoms with Gasteiger partial charge in [0, 0.05) is 60.8 Å². The highest BCUT2D eigenvalue weighted by Gasteiger charge is 2.43. The van der Waals surface area contributed by atoms with Gasteiger partial charge in [0.15, 0.2) is 11.4 Å². The molecular formula is C45H43BrN6O8. The van der Waals surface area contributed by atoms with Crippen LogP contribution in [0.25, 0.3) is 33.2 Å². The summed E-state index contributed by atoms with van der Waals surface area (Å²) in [5, 5.41) is 30.1. The highest BCUT2D eigenvalue weighted by atomic mass is 79.9. The molecule has 308 valence electrons. The van der Waals surface area contributed by atoms with E-state index >= 15 is 0 Å². The molecular weight excluding hydrogens is 832 g/mol. The van der Waals surface area contributed by atoms with Gasteiger partial charge in [-0.1, -0.05) is 89.6 Å². The standard InChI is InChI=1S/C22H19N3O4.C15H11BrN2O2.C7H9NO2.CH4/c1-24-13-12-22(28,21(24)27)11-10-15-6-5-7-16(14-15)25-18-9-4-3-8-17(18)19(23-25)20(26)29-2;1-20-15(19)14-12-7-2-3-8-13(12)18(17-14)11-6-4-5-10(16)9-11;1-3-7(10)4-5-8(2)6(7)9;/h3-9,14,28H,12-13H2,1-2H3;2-9H,1H3;1,10H,4-5H2,2H3;1H4/t22-;;7-;/m1.1./s1. The van der Waals surface area contributed by atoms with Crippen LogP contribution in [0.3, 0.4) is 0 Å². The molecule has 4 heterocycles. The Labute approximate surface area is 355 Å². The topological polar surface area (TPSA) is 169 Å². The van der Waals surface area contributed by atoms with Crippen LogP contribution >= 0.6 is 15.9 Å². The number of halogens is 1. The van der Waals surface area contributed by atoms with E-state index in [1.807, 2.05) is 78.9 Å². The van der Waals surface area contributed by atoms with E-state index in [-0.39, 0.29) is 31.4 Å². The number of esters is 2. The lowest BCUT2D eigenvalue weighted by Gasteiger charge is -2.13. The van der Waals surface area contributed by atoms with E-state index in [9.17, 15) is 29.4 Å². The van der Waals surface area contributed by atoms with Crippen LogP contribution in [0.2, 0.25) is 0 Å². The normalized spacial score (nSPS) is 18.0. The van der Waals surface area contributed by atoms with Gasteiger partial charge in [0.25, 0.3) is 11.8 Å². The summed E-state index contributed by atoms with van der Waals surface area (Å²) in [6.45, 7) is 1.01. The number of nitrogens with zero attached hydrogens (tertiary/aromatic N) is 6. The van der Waals surface area contributed by atoms with Crippen molar-refractivity contribution in [3.63, 3.8) is 0 Å². The van der Waals surface area contributed by atoms with E-state index in [0.29, 0.717) is 41.8 Å². The molecule has 15 heteroatoms. The largest absolute Gasteiger partial charge is 0.464 e. The van der Waals surface area contributed by atoms with Crippen LogP contribution in [-0.4, -0.2) is 116 Å². The van der Waals surface area contributed by atoms with Crippen molar-refractivity contribution in [2.24, 2.45) is 0 Å². The number of benzene rings is 4. The van der Waals surface area contributed by atoms with Crippen LogP contribution < -0.4 is 0 Å². The molecule has 0 bridgehead atoms. The highest BCUT2D eigenvalue weighted by Crippen LogP contribution is 2.26. The van der Waals surface area contributed by atoms with Gasteiger partial charge in [0.1, 0.15) is 0 Å². The third-order valence-corrected chi connectivity index (χ3v) is 10.2. The van der Waals surface area contributed by atoms with Crippen molar-refractivity contribution >= 4 is 61.5 Å². The van der Waals surface area contributed by atoms with E-state index in [1.165, 1.54) is 24.0 Å². The number of fused-ring (bicyclic) bond motifs is 2. The minimum Gasteiger partial charge on any atom is -0.464 e. The summed E-state index contributed by atoms with van der Waals surface area (Å²) >= 11 is 3.44. The van der Waals surface area contributed by atoms with Crippen LogP contribution in [0, 0.1) is 24.2 Å². The van der Waals surface area contributed by atoms with Gasteiger partial charge in [-0.2, -0.15) is 10.2 Å². The maximum Gasteiger partial charge on any atom is 0.359 e. The van der Waals surface area contributed by atoms with Crippen molar-refractivity contribution < 1.29 is 38.9 Å². The first-order valence-electron chi connectivity index (χ1n) is 18.2. The van der Waals surface area contributed by atoms with Crippen molar-refractivity contribution in [2.75, 3.05) is 41.4 Å². The molecule has 6 aromatic rings. The highest BCUT2D eigenvalue weighted by molar-refractivity contribution is 9.10. The van der Waals surface area contributed by atoms with Crippen LogP contribution in [0.5, 0.6) is 0 Å². The van der Waals surface area contributed by atoms with Gasteiger partial charge in [-0.15, -0.1) is 6.42 Å². The average molecular weight is 876 g/mol. The van der Waals surface area contributed by atoms with Crippen molar-refractivity contribution in [3.05, 3.63) is 118 Å². The number of para-hydroxylation sites is 2. The van der Waals surface area contributed by atoms with Crippen molar-refractivity contribution in [1.82, 2.24) is 29.4 Å². The molecule has 0 radical (unpaired) electrons. The van der Waals surface area contributed by atoms with Crippen LogP contribution in [0.1, 0.15) is 46.8 Å². The second kappa shape index (κ2) is 18.4. The number of likely N-dealkylation sites (tertiary alicyclic amines) is 2. The molecule has 2 aliphatic heterocycles. The summed E-state index contributed by atoms with van der Waals surface area (Å²) in [6.07, 6.45) is 5.60. The number of terminal acetylenes is 1. The maximum absolute atomic E-state index is 12.1. The van der Waals surface area contributed by atoms with Gasteiger partial charge in [-0.25, -0.2) is 19.0 Å². The van der Waals surface area contributed by atoms with Crippen molar-refractivity contribution in [3.8, 4) is 35.6 Å². The second-order valence-corrected chi connectivity index (χ2v) is 14.6. The minimum atomic E-state index is -1.65. The minimum absolute atomic E-state index is 0. The number of hydrogen-bond donors (Lipinski definition) is 2. The smallest absolute Gasteiger partial charge is 0.359 e. The number of aromatic nitrogens is 4. The van der Waals surface area contributed by atoms with Gasteiger partial charge in [0.05, 0.1) is 36.6 Å². The third kappa shape index (κ3) is 8.94. The number of amides is 2. The lowest BCUT2D eigenvalue weighted by molar-refractivity contribution is -0.138. The lowest BCUT2D eigenvalue weighted by atomic mass is 10.0. The molecule has 2 N–H and O–H groups in total. The maximum atomic E-state index is 12.1. The molecule has 8 rings (SSSR count). The quantitative estimate of drug-likeness (QED) is 0.178. The zero-order valence-corrected chi connectivity index (χ0v) is 34.1. The van der Waals surface area contributed by atoms with Crippen molar-refractivity contribution in [2.45, 2.75) is 31.5 Å². The van der Waals surface area contributed by atoms with Crippen LogP contribution in [0.15, 0.2) is 102 Å². The Hall–Kier alpha value is -6.78. The number of rotatable bonds is 4. The Morgan fingerprint density at radius 1 is 0.717 bits per heavy atom. The Balaban J connectivity index is 0.000000190. The number of likely N-dealkylation sites (N-methyl/N-ethyl adjacent to an activating group) is 2. The van der Waals surface area contributed by atoms with E-state index in [1.54, 1.807) is 41.7 Å². The molecule has 0 saturated carbocycles. The monoisotopic (exact) mass is 874 g/mol. The Morgan fingerprint density at radius 2 is 1.18 bits per heavy atom. The van der Waals surface area contributed by atoms with Gasteiger partial charge in [0.2, 0.25) is 11.2 Å². The predicted molar refractivity (Wildman–Crippen MR) is 229 cm³/mol. The fourth-order valence-corrected chi connectivity index (χ4v) is 6.86. The summed E-state index contributed by atoms with van der Waals surface area (Å²) in [7, 11) is 5.94.